The molecule has 0 aliphatic heterocycles. The van der Waals surface area contributed by atoms with Crippen LogP contribution in [0.1, 0.15) is 21.6 Å². The molecule has 2 aromatic heterocycles. The van der Waals surface area contributed by atoms with Gasteiger partial charge in [-0.25, -0.2) is 9.97 Å². The van der Waals surface area contributed by atoms with E-state index in [0.717, 1.165) is 5.56 Å². The molecule has 0 saturated heterocycles. The molecule has 0 fully saturated rings. The maximum atomic E-state index is 12.6. The molecular weight excluding hydrogens is 417 g/mol. The first-order valence-electron chi connectivity index (χ1n) is 8.60. The second kappa shape index (κ2) is 8.54. The fourth-order valence-electron chi connectivity index (χ4n) is 2.49. The zero-order chi connectivity index (χ0) is 21.9. The average Bonchev–Trinajstić information content (AvgIpc) is 3.16. The number of nitrogens with zero attached hydrogens (tertiary/aromatic N) is 2. The molecule has 3 N–H and O–H groups in total. The van der Waals surface area contributed by atoms with E-state index in [1.165, 1.54) is 29.7 Å². The highest BCUT2D eigenvalue weighted by Gasteiger charge is 2.28. The molecule has 1 aromatic carbocycles. The summed E-state index contributed by atoms with van der Waals surface area (Å²) in [6.45, 7) is 4.17. The van der Waals surface area contributed by atoms with Gasteiger partial charge < -0.3 is 15.8 Å². The third kappa shape index (κ3) is 5.35. The molecule has 30 heavy (non-hydrogen) atoms. The van der Waals surface area contributed by atoms with Gasteiger partial charge in [-0.1, -0.05) is 18.7 Å². The average molecular weight is 434 g/mol. The van der Waals surface area contributed by atoms with Crippen LogP contribution in [0.3, 0.4) is 0 Å². The molecule has 156 valence electrons. The number of aryl methyl sites for hydroxylation is 1. The number of amides is 1. The van der Waals surface area contributed by atoms with Gasteiger partial charge in [0.15, 0.2) is 6.61 Å². The number of nitrogens with one attached hydrogen (secondary N) is 1. The molecule has 0 saturated carbocycles. The van der Waals surface area contributed by atoms with E-state index in [1.807, 2.05) is 13.0 Å². The first kappa shape index (κ1) is 21.3. The Labute approximate surface area is 174 Å². The first-order chi connectivity index (χ1) is 14.1. The molecule has 10 heteroatoms. The normalized spacial score (nSPS) is 11.2. The fraction of sp³-hybridized carbons (Fsp3) is 0.150. The molecule has 0 aliphatic rings. The number of carbonyl (C=O) groups is 1. The largest absolute Gasteiger partial charge is 0.468 e. The Hall–Kier alpha value is -3.40. The Balaban J connectivity index is 1.73. The molecule has 0 radical (unpaired) electrons. The van der Waals surface area contributed by atoms with Crippen LogP contribution in [0.4, 0.5) is 18.9 Å². The molecule has 1 amide bonds. The molecule has 3 rings (SSSR count). The molecular formula is C20H17F3N4O2S. The highest BCUT2D eigenvalue weighted by Crippen LogP contribution is 2.27. The Morgan fingerprint density at radius 3 is 2.70 bits per heavy atom. The SMILES string of the molecule is C=C(N)c1ccc(C)cc1NC(=O)c1csc(-c2ccc(OCC(F)(F)F)nc2)n1. The number of ether oxygens (including phenoxy) is 1. The zero-order valence-electron chi connectivity index (χ0n) is 15.8. The second-order valence-corrected chi connectivity index (χ2v) is 7.21. The van der Waals surface area contributed by atoms with Gasteiger partial charge in [-0.2, -0.15) is 13.2 Å². The van der Waals surface area contributed by atoms with E-state index in [2.05, 4.69) is 26.6 Å². The van der Waals surface area contributed by atoms with E-state index in [9.17, 15) is 18.0 Å². The van der Waals surface area contributed by atoms with E-state index in [-0.39, 0.29) is 11.6 Å². The van der Waals surface area contributed by atoms with Gasteiger partial charge in [0, 0.05) is 34.5 Å². The molecule has 3 aromatic rings. The van der Waals surface area contributed by atoms with Gasteiger partial charge >= 0.3 is 6.18 Å². The van der Waals surface area contributed by atoms with Gasteiger partial charge in [-0.3, -0.25) is 4.79 Å². The van der Waals surface area contributed by atoms with Crippen LogP contribution in [0.2, 0.25) is 0 Å². The molecule has 6 nitrogen and oxygen atoms in total. The maximum absolute atomic E-state index is 12.6. The summed E-state index contributed by atoms with van der Waals surface area (Å²) >= 11 is 1.20. The van der Waals surface area contributed by atoms with Crippen molar-refractivity contribution in [3.63, 3.8) is 0 Å². The number of anilines is 1. The van der Waals surface area contributed by atoms with Gasteiger partial charge in [0.25, 0.3) is 5.91 Å². The van der Waals surface area contributed by atoms with Crippen LogP contribution < -0.4 is 15.8 Å². The van der Waals surface area contributed by atoms with E-state index in [0.29, 0.717) is 27.5 Å². The minimum absolute atomic E-state index is 0.153. The highest BCUT2D eigenvalue weighted by atomic mass is 32.1. The molecule has 0 unspecified atom stereocenters. The molecule has 0 atom stereocenters. The molecule has 2 heterocycles. The van der Waals surface area contributed by atoms with Crippen LogP contribution in [0, 0.1) is 6.92 Å². The summed E-state index contributed by atoms with van der Waals surface area (Å²) in [5, 5.41) is 4.84. The van der Waals surface area contributed by atoms with E-state index in [4.69, 9.17) is 5.73 Å². The Morgan fingerprint density at radius 2 is 2.07 bits per heavy atom. The highest BCUT2D eigenvalue weighted by molar-refractivity contribution is 7.13. The monoisotopic (exact) mass is 434 g/mol. The maximum Gasteiger partial charge on any atom is 0.422 e. The molecule has 0 bridgehead atoms. The number of carbonyl (C=O) groups excluding carboxylic acids is 1. The number of halogens is 3. The number of pyridine rings is 1. The summed E-state index contributed by atoms with van der Waals surface area (Å²) < 4.78 is 41.2. The van der Waals surface area contributed by atoms with Crippen molar-refractivity contribution in [2.45, 2.75) is 13.1 Å². The standard InChI is InChI=1S/C20H17F3N4O2S/c1-11-3-5-14(12(2)24)15(7-11)26-18(28)16-9-30-19(27-16)13-4-6-17(25-8-13)29-10-20(21,22)23/h3-9H,2,10,24H2,1H3,(H,26,28). The summed E-state index contributed by atoms with van der Waals surface area (Å²) in [5.41, 5.74) is 8.90. The van der Waals surface area contributed by atoms with Crippen LogP contribution in [0.15, 0.2) is 48.5 Å². The van der Waals surface area contributed by atoms with Gasteiger partial charge in [-0.05, 0) is 24.6 Å². The number of alkyl halides is 3. The lowest BCUT2D eigenvalue weighted by Gasteiger charge is -2.11. The predicted octanol–water partition coefficient (Wildman–Crippen LogP) is 4.64. The third-order valence-electron chi connectivity index (χ3n) is 3.87. The number of rotatable bonds is 6. The van der Waals surface area contributed by atoms with E-state index < -0.39 is 18.7 Å². The van der Waals surface area contributed by atoms with Gasteiger partial charge in [0.05, 0.1) is 5.69 Å². The molecule has 0 spiro atoms. The van der Waals surface area contributed by atoms with Crippen molar-refractivity contribution in [2.24, 2.45) is 5.73 Å². The van der Waals surface area contributed by atoms with Crippen molar-refractivity contribution in [2.75, 3.05) is 11.9 Å². The van der Waals surface area contributed by atoms with Crippen molar-refractivity contribution in [3.8, 4) is 16.5 Å². The van der Waals surface area contributed by atoms with Gasteiger partial charge in [0.1, 0.15) is 10.7 Å². The summed E-state index contributed by atoms with van der Waals surface area (Å²) in [6.07, 6.45) is -3.10. The number of nitrogens with two attached hydrogens (primary N) is 1. The van der Waals surface area contributed by atoms with E-state index >= 15 is 0 Å². The quantitative estimate of drug-likeness (QED) is 0.590. The van der Waals surface area contributed by atoms with Crippen molar-refractivity contribution < 1.29 is 22.7 Å². The Bertz CT molecular complexity index is 1080. The smallest absolute Gasteiger partial charge is 0.422 e. The Morgan fingerprint density at radius 1 is 1.30 bits per heavy atom. The predicted molar refractivity (Wildman–Crippen MR) is 109 cm³/mol. The minimum atomic E-state index is -4.44. The molecule has 0 aliphatic carbocycles. The second-order valence-electron chi connectivity index (χ2n) is 6.36. The number of hydrogen-bond donors (Lipinski definition) is 2. The lowest BCUT2D eigenvalue weighted by Crippen LogP contribution is -2.19. The number of hydrogen-bond acceptors (Lipinski definition) is 6. The van der Waals surface area contributed by atoms with Gasteiger partial charge in [-0.15, -0.1) is 11.3 Å². The summed E-state index contributed by atoms with van der Waals surface area (Å²) in [7, 11) is 0. The Kier molecular flexibility index (Phi) is 6.06. The first-order valence-corrected chi connectivity index (χ1v) is 9.48. The summed E-state index contributed by atoms with van der Waals surface area (Å²) in [6, 6.07) is 8.25. The van der Waals surface area contributed by atoms with Crippen LogP contribution in [-0.4, -0.2) is 28.7 Å². The van der Waals surface area contributed by atoms with Crippen LogP contribution in [-0.2, 0) is 0 Å². The topological polar surface area (TPSA) is 90.1 Å². The lowest BCUT2D eigenvalue weighted by atomic mass is 10.1. The number of aromatic nitrogens is 2. The zero-order valence-corrected chi connectivity index (χ0v) is 16.6. The third-order valence-corrected chi connectivity index (χ3v) is 4.76. The van der Waals surface area contributed by atoms with Gasteiger partial charge in [0.2, 0.25) is 5.88 Å². The summed E-state index contributed by atoms with van der Waals surface area (Å²) in [5.74, 6) is -0.580. The van der Waals surface area contributed by atoms with Crippen LogP contribution >= 0.6 is 11.3 Å². The van der Waals surface area contributed by atoms with Crippen LogP contribution in [0.25, 0.3) is 16.3 Å². The minimum Gasteiger partial charge on any atom is -0.468 e. The lowest BCUT2D eigenvalue weighted by molar-refractivity contribution is -0.154. The fourth-order valence-corrected chi connectivity index (χ4v) is 3.28. The van der Waals surface area contributed by atoms with E-state index in [1.54, 1.807) is 17.5 Å². The van der Waals surface area contributed by atoms with Crippen molar-refractivity contribution >= 4 is 28.6 Å². The summed E-state index contributed by atoms with van der Waals surface area (Å²) in [4.78, 5) is 20.7. The van der Waals surface area contributed by atoms with Crippen molar-refractivity contribution in [1.82, 2.24) is 9.97 Å². The van der Waals surface area contributed by atoms with Crippen molar-refractivity contribution in [3.05, 3.63) is 65.3 Å². The van der Waals surface area contributed by atoms with Crippen LogP contribution in [0.5, 0.6) is 5.88 Å². The van der Waals surface area contributed by atoms with Crippen molar-refractivity contribution in [1.29, 1.82) is 0 Å². The number of benzene rings is 1. The number of thiazole rings is 1.